The number of amides is 1. The fourth-order valence-corrected chi connectivity index (χ4v) is 4.17. The lowest BCUT2D eigenvalue weighted by Gasteiger charge is -2.08. The first kappa shape index (κ1) is 21.1. The first-order valence-corrected chi connectivity index (χ1v) is 11.0. The Morgan fingerprint density at radius 2 is 1.94 bits per heavy atom. The minimum Gasteiger partial charge on any atom is -0.324 e. The maximum Gasteiger partial charge on any atom is 0.350 e. The maximum atomic E-state index is 12.7. The van der Waals surface area contributed by atoms with E-state index in [4.69, 9.17) is 11.6 Å². The van der Waals surface area contributed by atoms with E-state index in [1.165, 1.54) is 16.2 Å². The molecule has 0 aliphatic heterocycles. The third-order valence-corrected chi connectivity index (χ3v) is 6.00. The zero-order chi connectivity index (χ0) is 22.0. The van der Waals surface area contributed by atoms with Crippen LogP contribution in [0.4, 0.5) is 5.69 Å². The number of carbonyl (C=O) groups is 1. The van der Waals surface area contributed by atoms with Gasteiger partial charge in [0.25, 0.3) is 0 Å². The van der Waals surface area contributed by atoms with Crippen molar-refractivity contribution in [3.05, 3.63) is 87.1 Å². The van der Waals surface area contributed by atoms with Crippen molar-refractivity contribution in [3.63, 3.8) is 0 Å². The number of nitrogens with one attached hydrogen (secondary N) is 1. The molecule has 0 spiro atoms. The van der Waals surface area contributed by atoms with Crippen LogP contribution in [0, 0.1) is 13.8 Å². The van der Waals surface area contributed by atoms with Gasteiger partial charge in [-0.2, -0.15) is 0 Å². The molecule has 0 bridgehead atoms. The summed E-state index contributed by atoms with van der Waals surface area (Å²) in [5.41, 5.74) is 3.90. The molecule has 0 radical (unpaired) electrons. The Bertz CT molecular complexity index is 1310. The summed E-state index contributed by atoms with van der Waals surface area (Å²) in [5, 5.41) is 8.50. The minimum atomic E-state index is -0.387. The molecule has 0 aliphatic carbocycles. The smallest absolute Gasteiger partial charge is 0.324 e. The van der Waals surface area contributed by atoms with E-state index >= 15 is 0 Å². The number of nitrogens with zero attached hydrogens (tertiary/aromatic N) is 4. The van der Waals surface area contributed by atoms with Gasteiger partial charge in [0.05, 0.1) is 0 Å². The average Bonchev–Trinajstić information content (AvgIpc) is 3.06. The van der Waals surface area contributed by atoms with Crippen LogP contribution in [0.5, 0.6) is 0 Å². The van der Waals surface area contributed by atoms with E-state index < -0.39 is 0 Å². The van der Waals surface area contributed by atoms with Crippen molar-refractivity contribution in [3.8, 4) is 0 Å². The summed E-state index contributed by atoms with van der Waals surface area (Å²) >= 11 is 7.40. The molecular formula is C22H20ClN5O2S. The summed E-state index contributed by atoms with van der Waals surface area (Å²) < 4.78 is 2.56. The third kappa shape index (κ3) is 4.81. The quantitative estimate of drug-likeness (QED) is 0.444. The molecule has 0 fully saturated rings. The van der Waals surface area contributed by atoms with Crippen LogP contribution in [0.3, 0.4) is 0 Å². The predicted octanol–water partition coefficient (Wildman–Crippen LogP) is 4.09. The fraction of sp³-hybridized carbons (Fsp3) is 0.182. The molecule has 0 saturated heterocycles. The highest BCUT2D eigenvalue weighted by Gasteiger charge is 2.15. The molecule has 2 heterocycles. The Balaban J connectivity index is 1.53. The summed E-state index contributed by atoms with van der Waals surface area (Å²) in [4.78, 5) is 29.6. The fourth-order valence-electron chi connectivity index (χ4n) is 3.14. The number of rotatable bonds is 6. The van der Waals surface area contributed by atoms with E-state index in [1.54, 1.807) is 12.4 Å². The van der Waals surface area contributed by atoms with Crippen LogP contribution in [0.15, 0.2) is 64.7 Å². The maximum absolute atomic E-state index is 12.7. The molecule has 0 saturated carbocycles. The van der Waals surface area contributed by atoms with Crippen molar-refractivity contribution < 1.29 is 4.79 Å². The van der Waals surface area contributed by atoms with E-state index in [9.17, 15) is 9.59 Å². The van der Waals surface area contributed by atoms with Crippen molar-refractivity contribution in [2.75, 3.05) is 5.32 Å². The molecule has 0 aliphatic rings. The topological polar surface area (TPSA) is 81.3 Å². The minimum absolute atomic E-state index is 0.185. The molecule has 0 atom stereocenters. The lowest BCUT2D eigenvalue weighted by molar-refractivity contribution is -0.117. The molecule has 7 nitrogen and oxygen atoms in total. The van der Waals surface area contributed by atoms with Crippen LogP contribution >= 0.6 is 23.4 Å². The van der Waals surface area contributed by atoms with Gasteiger partial charge in [-0.3, -0.25) is 4.79 Å². The first-order chi connectivity index (χ1) is 14.9. The molecule has 31 heavy (non-hydrogen) atoms. The van der Waals surface area contributed by atoms with Gasteiger partial charge in [0.2, 0.25) is 5.91 Å². The second-order valence-corrected chi connectivity index (χ2v) is 8.55. The van der Waals surface area contributed by atoms with Crippen molar-refractivity contribution in [1.82, 2.24) is 19.2 Å². The summed E-state index contributed by atoms with van der Waals surface area (Å²) in [7, 11) is 0. The number of hydrogen-bond donors (Lipinski definition) is 1. The van der Waals surface area contributed by atoms with Gasteiger partial charge >= 0.3 is 5.69 Å². The number of aryl methyl sites for hydroxylation is 2. The normalized spacial score (nSPS) is 11.1. The zero-order valence-electron chi connectivity index (χ0n) is 17.0. The SMILES string of the molecule is Cc1ccc(NC(=O)Cn2nc3c(SCc4ccc(Cl)cc4)nccn3c2=O)c(C)c1. The standard InChI is InChI=1S/C22H20ClN5O2S/c1-14-3-8-18(15(2)11-14)25-19(29)12-28-22(30)27-10-9-24-21(20(27)26-28)31-13-16-4-6-17(23)7-5-16/h3-11H,12-13H2,1-2H3,(H,25,29). The Labute approximate surface area is 188 Å². The van der Waals surface area contributed by atoms with E-state index in [2.05, 4.69) is 15.4 Å². The van der Waals surface area contributed by atoms with Gasteiger partial charge in [0.1, 0.15) is 11.6 Å². The van der Waals surface area contributed by atoms with Crippen LogP contribution < -0.4 is 11.0 Å². The number of benzene rings is 2. The Hall–Kier alpha value is -3.10. The number of fused-ring (bicyclic) bond motifs is 1. The second kappa shape index (κ2) is 8.95. The van der Waals surface area contributed by atoms with Gasteiger partial charge < -0.3 is 5.32 Å². The summed E-state index contributed by atoms with van der Waals surface area (Å²) in [6.45, 7) is 3.73. The molecule has 9 heteroatoms. The zero-order valence-corrected chi connectivity index (χ0v) is 18.6. The van der Waals surface area contributed by atoms with Crippen molar-refractivity contribution in [1.29, 1.82) is 0 Å². The van der Waals surface area contributed by atoms with Gasteiger partial charge in [-0.05, 0) is 43.2 Å². The highest BCUT2D eigenvalue weighted by Crippen LogP contribution is 2.24. The molecule has 4 aromatic rings. The molecule has 2 aromatic carbocycles. The van der Waals surface area contributed by atoms with Crippen LogP contribution in [-0.2, 0) is 17.1 Å². The second-order valence-electron chi connectivity index (χ2n) is 7.15. The van der Waals surface area contributed by atoms with Crippen molar-refractivity contribution in [2.24, 2.45) is 0 Å². The number of thioether (sulfide) groups is 1. The van der Waals surface area contributed by atoms with Gasteiger partial charge in [-0.15, -0.1) is 5.10 Å². The molecular weight excluding hydrogens is 434 g/mol. The van der Waals surface area contributed by atoms with Crippen LogP contribution in [-0.4, -0.2) is 25.1 Å². The van der Waals surface area contributed by atoms with Crippen LogP contribution in [0.1, 0.15) is 16.7 Å². The third-order valence-electron chi connectivity index (χ3n) is 4.71. The molecule has 2 aromatic heterocycles. The van der Waals surface area contributed by atoms with E-state index in [0.29, 0.717) is 27.1 Å². The average molecular weight is 454 g/mol. The number of hydrogen-bond acceptors (Lipinski definition) is 5. The Morgan fingerprint density at radius 1 is 1.16 bits per heavy atom. The van der Waals surface area contributed by atoms with Gasteiger partial charge in [0, 0.05) is 28.9 Å². The number of aromatic nitrogens is 4. The lowest BCUT2D eigenvalue weighted by Crippen LogP contribution is -2.28. The number of carbonyl (C=O) groups excluding carboxylic acids is 1. The molecule has 1 N–H and O–H groups in total. The van der Waals surface area contributed by atoms with Gasteiger partial charge in [-0.25, -0.2) is 18.9 Å². The van der Waals surface area contributed by atoms with Crippen LogP contribution in [0.25, 0.3) is 5.65 Å². The highest BCUT2D eigenvalue weighted by atomic mass is 35.5. The van der Waals surface area contributed by atoms with Crippen molar-refractivity contribution >= 4 is 40.6 Å². The van der Waals surface area contributed by atoms with Gasteiger partial charge in [0.15, 0.2) is 5.65 Å². The van der Waals surface area contributed by atoms with Crippen LogP contribution in [0.2, 0.25) is 5.02 Å². The van der Waals surface area contributed by atoms with Crippen molar-refractivity contribution in [2.45, 2.75) is 31.2 Å². The monoisotopic (exact) mass is 453 g/mol. The molecule has 158 valence electrons. The number of halogens is 1. The number of anilines is 1. The lowest BCUT2D eigenvalue weighted by atomic mass is 10.1. The molecule has 4 rings (SSSR count). The Kier molecular flexibility index (Phi) is 6.11. The van der Waals surface area contributed by atoms with Gasteiger partial charge in [-0.1, -0.05) is 53.2 Å². The molecule has 0 unspecified atom stereocenters. The summed E-state index contributed by atoms with van der Waals surface area (Å²) in [5.74, 6) is 0.332. The largest absolute Gasteiger partial charge is 0.350 e. The predicted molar refractivity (Wildman–Crippen MR) is 123 cm³/mol. The Morgan fingerprint density at radius 3 is 2.68 bits per heavy atom. The van der Waals surface area contributed by atoms with E-state index in [0.717, 1.165) is 21.4 Å². The molecule has 1 amide bonds. The summed E-state index contributed by atoms with van der Waals surface area (Å²) in [6, 6.07) is 13.3. The van der Waals surface area contributed by atoms with E-state index in [-0.39, 0.29) is 18.1 Å². The highest BCUT2D eigenvalue weighted by molar-refractivity contribution is 7.98. The summed E-state index contributed by atoms with van der Waals surface area (Å²) in [6.07, 6.45) is 3.11. The van der Waals surface area contributed by atoms with E-state index in [1.807, 2.05) is 56.3 Å². The first-order valence-electron chi connectivity index (χ1n) is 9.59.